The van der Waals surface area contributed by atoms with E-state index in [-0.39, 0.29) is 16.7 Å². The normalized spacial score (nSPS) is 13.7. The highest BCUT2D eigenvalue weighted by Gasteiger charge is 2.58. The smallest absolute Gasteiger partial charge is 0.428 e. The van der Waals surface area contributed by atoms with Gasteiger partial charge in [0.05, 0.1) is 0 Å². The van der Waals surface area contributed by atoms with Crippen molar-refractivity contribution in [3.8, 4) is 17.2 Å². The molecule has 0 spiro atoms. The predicted molar refractivity (Wildman–Crippen MR) is 135 cm³/mol. The van der Waals surface area contributed by atoms with E-state index in [9.17, 15) is 52.7 Å². The van der Waals surface area contributed by atoms with Crippen LogP contribution in [0.15, 0.2) is 72.8 Å². The van der Waals surface area contributed by atoms with Crippen LogP contribution in [0.4, 0.5) is 52.7 Å². The number of hydrogen-bond donors (Lipinski definition) is 0. The van der Waals surface area contributed by atoms with Crippen molar-refractivity contribution in [1.29, 1.82) is 0 Å². The molecule has 43 heavy (non-hydrogen) atoms. The molecule has 0 aliphatic carbocycles. The molecule has 0 aromatic heterocycles. The van der Waals surface area contributed by atoms with Crippen molar-refractivity contribution in [2.45, 2.75) is 46.8 Å². The minimum Gasteiger partial charge on any atom is -0.428 e. The average molecular weight is 764 g/mol. The molecule has 3 rings (SSSR count). The first-order chi connectivity index (χ1) is 19.5. The second-order valence-electron chi connectivity index (χ2n) is 8.90. The number of ether oxygens (including phenoxy) is 3. The summed E-state index contributed by atoms with van der Waals surface area (Å²) in [5.74, 6) is -2.07. The lowest BCUT2D eigenvalue weighted by Crippen LogP contribution is -2.40. The highest BCUT2D eigenvalue weighted by Crippen LogP contribution is 2.45. The minimum atomic E-state index is -4.96. The molecule has 0 saturated heterocycles. The van der Waals surface area contributed by atoms with E-state index in [1.807, 2.05) is 0 Å². The van der Waals surface area contributed by atoms with Gasteiger partial charge in [-0.1, -0.05) is 36.4 Å². The number of alkyl halides is 14. The predicted octanol–water partition coefficient (Wildman–Crippen LogP) is 10.2. The molecule has 0 unspecified atom stereocenters. The Kier molecular flexibility index (Phi) is 9.62. The number of halogens is 14. The molecular formula is C26H16Br2F12O3. The second kappa shape index (κ2) is 11.9. The van der Waals surface area contributed by atoms with Crippen molar-refractivity contribution in [3.05, 3.63) is 89.5 Å². The van der Waals surface area contributed by atoms with Crippen molar-refractivity contribution < 1.29 is 66.9 Å². The third-order valence-electron chi connectivity index (χ3n) is 5.96. The summed E-state index contributed by atoms with van der Waals surface area (Å²) in [6.07, 6.45) is -18.9. The van der Waals surface area contributed by atoms with Crippen LogP contribution in [0.2, 0.25) is 0 Å². The maximum absolute atomic E-state index is 13.7. The fourth-order valence-electron chi connectivity index (χ4n) is 3.68. The van der Waals surface area contributed by atoms with Crippen molar-refractivity contribution in [2.75, 3.05) is 0 Å². The number of hydrogen-bond acceptors (Lipinski definition) is 3. The first-order valence-corrected chi connectivity index (χ1v) is 13.0. The quantitative estimate of drug-likeness (QED) is 0.104. The van der Waals surface area contributed by atoms with Gasteiger partial charge in [-0.3, -0.25) is 0 Å². The molecule has 0 aliphatic heterocycles. The van der Waals surface area contributed by atoms with Crippen LogP contribution in [0.1, 0.15) is 23.6 Å². The van der Waals surface area contributed by atoms with Gasteiger partial charge in [-0.2, -0.15) is 52.7 Å². The average Bonchev–Trinajstić information content (AvgIpc) is 2.87. The summed E-state index contributed by atoms with van der Waals surface area (Å²) in [4.78, 5) is -9.45. The van der Waals surface area contributed by atoms with Gasteiger partial charge in [-0.05, 0) is 60.0 Å². The lowest BCUT2D eigenvalue weighted by Gasteiger charge is -2.33. The zero-order valence-corrected chi connectivity index (χ0v) is 24.2. The summed E-state index contributed by atoms with van der Waals surface area (Å²) in [5, 5.41) is 0. The maximum Gasteiger partial charge on any atom is 0.475 e. The van der Waals surface area contributed by atoms with E-state index in [1.165, 1.54) is 50.9 Å². The molecule has 0 N–H and O–H groups in total. The van der Waals surface area contributed by atoms with E-state index in [1.54, 1.807) is 0 Å². The van der Waals surface area contributed by atoms with Crippen LogP contribution < -0.4 is 14.2 Å². The molecule has 0 atom stereocenters. The third kappa shape index (κ3) is 7.64. The monoisotopic (exact) mass is 762 g/mol. The van der Waals surface area contributed by atoms with Gasteiger partial charge in [0.25, 0.3) is 0 Å². The van der Waals surface area contributed by atoms with Crippen molar-refractivity contribution in [2.24, 2.45) is 0 Å². The molecule has 0 saturated carbocycles. The molecule has 0 aliphatic rings. The highest BCUT2D eigenvalue weighted by atomic mass is 79.9. The lowest BCUT2D eigenvalue weighted by molar-refractivity contribution is -0.266. The first-order valence-electron chi connectivity index (χ1n) is 11.4. The van der Waals surface area contributed by atoms with Crippen LogP contribution in [0.5, 0.6) is 17.2 Å². The Hall–Kier alpha value is -2.82. The fourth-order valence-corrected chi connectivity index (χ4v) is 3.84. The Bertz CT molecular complexity index is 1300. The van der Waals surface area contributed by atoms with Crippen LogP contribution >= 0.6 is 31.9 Å². The Balaban J connectivity index is 2.05. The van der Waals surface area contributed by atoms with E-state index >= 15 is 0 Å². The van der Waals surface area contributed by atoms with Gasteiger partial charge in [-0.25, -0.2) is 0 Å². The van der Waals surface area contributed by atoms with Gasteiger partial charge < -0.3 is 14.2 Å². The molecule has 0 heterocycles. The van der Waals surface area contributed by atoms with Gasteiger partial charge in [0, 0.05) is 37.3 Å². The van der Waals surface area contributed by atoms with Gasteiger partial charge in [-0.15, -0.1) is 0 Å². The molecule has 0 bridgehead atoms. The second-order valence-corrected chi connectivity index (χ2v) is 10.9. The summed E-state index contributed by atoms with van der Waals surface area (Å²) >= 11 is 3.05. The Morgan fingerprint density at radius 2 is 0.744 bits per heavy atom. The van der Waals surface area contributed by atoms with Gasteiger partial charge >= 0.3 is 34.4 Å². The number of benzene rings is 3. The molecule has 17 heteroatoms. The van der Waals surface area contributed by atoms with E-state index in [2.05, 4.69) is 14.2 Å². The lowest BCUT2D eigenvalue weighted by atomic mass is 9.71. The van der Waals surface area contributed by atoms with Crippen molar-refractivity contribution >= 4 is 31.9 Å². The van der Waals surface area contributed by atoms with Gasteiger partial charge in [0.2, 0.25) is 0 Å². The maximum atomic E-state index is 13.7. The van der Waals surface area contributed by atoms with Crippen LogP contribution in [0.25, 0.3) is 0 Å². The SMILES string of the molecule is CC(c1ccc(OC(F)(F)C(F)F)cc1)(c1ccc(OC(F)(F)C(F)(F)Br)cc1)c1ccc(OC(F)(F)C(F)(F)Br)cc1. The largest absolute Gasteiger partial charge is 0.475 e. The summed E-state index contributed by atoms with van der Waals surface area (Å²) in [5.41, 5.74) is -0.834. The van der Waals surface area contributed by atoms with Crippen LogP contribution in [-0.4, -0.2) is 34.4 Å². The first kappa shape index (κ1) is 34.7. The summed E-state index contributed by atoms with van der Waals surface area (Å²) in [6.45, 7) is 1.48. The van der Waals surface area contributed by atoms with Crippen LogP contribution in [0, 0.1) is 0 Å². The summed E-state index contributed by atoms with van der Waals surface area (Å²) in [7, 11) is 0. The van der Waals surface area contributed by atoms with E-state index in [0.717, 1.165) is 60.7 Å². The molecule has 236 valence electrons. The summed E-state index contributed by atoms with van der Waals surface area (Å²) in [6, 6.07) is 12.4. The Morgan fingerprint density at radius 3 is 0.977 bits per heavy atom. The molecule has 0 fully saturated rings. The van der Waals surface area contributed by atoms with Gasteiger partial charge in [0.1, 0.15) is 17.2 Å². The third-order valence-corrected chi connectivity index (χ3v) is 6.88. The Morgan fingerprint density at radius 1 is 0.488 bits per heavy atom. The Labute approximate surface area is 252 Å². The number of rotatable bonds is 12. The molecule has 3 aromatic carbocycles. The minimum absolute atomic E-state index is 0.200. The molecule has 3 nitrogen and oxygen atoms in total. The van der Waals surface area contributed by atoms with Crippen LogP contribution in [0.3, 0.4) is 0 Å². The molecular weight excluding hydrogens is 748 g/mol. The molecule has 0 amide bonds. The van der Waals surface area contributed by atoms with Crippen LogP contribution in [-0.2, 0) is 5.41 Å². The zero-order valence-electron chi connectivity index (χ0n) is 21.0. The highest BCUT2D eigenvalue weighted by molar-refractivity contribution is 9.10. The molecule has 0 radical (unpaired) electrons. The molecule has 3 aromatic rings. The topological polar surface area (TPSA) is 27.7 Å². The van der Waals surface area contributed by atoms with E-state index in [0.29, 0.717) is 0 Å². The van der Waals surface area contributed by atoms with Gasteiger partial charge in [0.15, 0.2) is 0 Å². The van der Waals surface area contributed by atoms with Crippen molar-refractivity contribution in [1.82, 2.24) is 0 Å². The zero-order chi connectivity index (χ0) is 32.6. The standard InChI is InChI=1S/C26H16Br2F12O3/c1-21(14-2-8-17(9-3-14)41-22(31,32)20(29)30,15-4-10-18(11-5-15)42-25(37,38)23(27,33)34)16-6-12-19(13-7-16)43-26(39,40)24(28,35)36/h2-13,20H,1H3. The fraction of sp³-hybridized carbons (Fsp3) is 0.308. The van der Waals surface area contributed by atoms with Crippen molar-refractivity contribution in [3.63, 3.8) is 0 Å². The van der Waals surface area contributed by atoms with E-state index < -0.39 is 57.1 Å². The van der Waals surface area contributed by atoms with E-state index in [4.69, 9.17) is 0 Å². The summed E-state index contributed by atoms with van der Waals surface area (Å²) < 4.78 is 171.